The summed E-state index contributed by atoms with van der Waals surface area (Å²) in [6, 6.07) is 6.80. The highest BCUT2D eigenvalue weighted by atomic mass is 19.1. The number of hydrogen-bond donors (Lipinski definition) is 2. The van der Waals surface area contributed by atoms with Crippen LogP contribution in [0.3, 0.4) is 0 Å². The molecule has 0 saturated carbocycles. The summed E-state index contributed by atoms with van der Waals surface area (Å²) in [6.07, 6.45) is 2.88. The lowest BCUT2D eigenvalue weighted by atomic mass is 10.1. The Labute approximate surface area is 184 Å². The van der Waals surface area contributed by atoms with Crippen molar-refractivity contribution in [2.75, 3.05) is 63.9 Å². The van der Waals surface area contributed by atoms with Crippen LogP contribution in [0.1, 0.15) is 25.7 Å². The number of halogens is 1. The van der Waals surface area contributed by atoms with E-state index >= 15 is 0 Å². The number of benzene rings is 1. The van der Waals surface area contributed by atoms with Crippen molar-refractivity contribution in [2.45, 2.75) is 43.9 Å². The lowest BCUT2D eigenvalue weighted by Gasteiger charge is -2.36. The van der Waals surface area contributed by atoms with Crippen LogP contribution in [0, 0.1) is 5.82 Å². The van der Waals surface area contributed by atoms with Crippen molar-refractivity contribution in [3.63, 3.8) is 0 Å². The SMILES string of the molecule is O=C(NCCCN1CCN(c2ccc(F)cc2)CC1)[C@@H]1C[C@@H](O)CN1C1CCOCC1. The Kier molecular flexibility index (Phi) is 7.76. The molecule has 172 valence electrons. The first kappa shape index (κ1) is 22.5. The number of ether oxygens (including phenoxy) is 1. The zero-order chi connectivity index (χ0) is 21.6. The number of nitrogens with one attached hydrogen (secondary N) is 1. The lowest BCUT2D eigenvalue weighted by Crippen LogP contribution is -2.50. The molecule has 0 bridgehead atoms. The molecule has 3 heterocycles. The van der Waals surface area contributed by atoms with Crippen molar-refractivity contribution < 1.29 is 19.0 Å². The first-order chi connectivity index (χ1) is 15.1. The number of carbonyl (C=O) groups excluding carboxylic acids is 1. The highest BCUT2D eigenvalue weighted by molar-refractivity contribution is 5.82. The average Bonchev–Trinajstić information content (AvgIpc) is 3.20. The second-order valence-corrected chi connectivity index (χ2v) is 8.90. The van der Waals surface area contributed by atoms with Crippen LogP contribution in [-0.4, -0.2) is 98.0 Å². The van der Waals surface area contributed by atoms with Crippen LogP contribution in [0.25, 0.3) is 0 Å². The summed E-state index contributed by atoms with van der Waals surface area (Å²) in [7, 11) is 0. The van der Waals surface area contributed by atoms with Crippen molar-refractivity contribution in [3.8, 4) is 0 Å². The number of piperazine rings is 1. The Morgan fingerprint density at radius 3 is 2.55 bits per heavy atom. The van der Waals surface area contributed by atoms with Crippen LogP contribution in [-0.2, 0) is 9.53 Å². The molecule has 1 amide bonds. The van der Waals surface area contributed by atoms with Gasteiger partial charge in [-0.25, -0.2) is 4.39 Å². The van der Waals surface area contributed by atoms with Gasteiger partial charge < -0.3 is 20.1 Å². The molecule has 8 heteroatoms. The molecule has 0 unspecified atom stereocenters. The summed E-state index contributed by atoms with van der Waals surface area (Å²) in [5.41, 5.74) is 1.07. The van der Waals surface area contributed by atoms with E-state index in [-0.39, 0.29) is 17.8 Å². The minimum absolute atomic E-state index is 0.0455. The van der Waals surface area contributed by atoms with Crippen molar-refractivity contribution in [1.82, 2.24) is 15.1 Å². The van der Waals surface area contributed by atoms with Gasteiger partial charge >= 0.3 is 0 Å². The molecule has 0 spiro atoms. The van der Waals surface area contributed by atoms with Gasteiger partial charge in [-0.1, -0.05) is 0 Å². The van der Waals surface area contributed by atoms with Crippen molar-refractivity contribution in [3.05, 3.63) is 30.1 Å². The predicted octanol–water partition coefficient (Wildman–Crippen LogP) is 1.07. The van der Waals surface area contributed by atoms with Gasteiger partial charge in [0.1, 0.15) is 5.82 Å². The first-order valence-electron chi connectivity index (χ1n) is 11.6. The van der Waals surface area contributed by atoms with Crippen LogP contribution in [0.5, 0.6) is 0 Å². The van der Waals surface area contributed by atoms with Gasteiger partial charge in [-0.15, -0.1) is 0 Å². The Morgan fingerprint density at radius 1 is 1.13 bits per heavy atom. The van der Waals surface area contributed by atoms with Crippen LogP contribution in [0.2, 0.25) is 0 Å². The van der Waals surface area contributed by atoms with E-state index in [1.807, 2.05) is 12.1 Å². The average molecular weight is 435 g/mol. The van der Waals surface area contributed by atoms with Gasteiger partial charge in [-0.2, -0.15) is 0 Å². The molecule has 0 radical (unpaired) electrons. The molecule has 31 heavy (non-hydrogen) atoms. The Bertz CT molecular complexity index is 705. The van der Waals surface area contributed by atoms with Gasteiger partial charge in [0.05, 0.1) is 12.1 Å². The number of aliphatic hydroxyl groups is 1. The molecule has 3 fully saturated rings. The normalized spacial score (nSPS) is 26.3. The summed E-state index contributed by atoms with van der Waals surface area (Å²) >= 11 is 0. The molecule has 3 aliphatic rings. The number of β-amino-alcohol motifs (C(OH)–C–C–N with tert-alkyl or cyclic N) is 1. The third-order valence-corrected chi connectivity index (χ3v) is 6.79. The quantitative estimate of drug-likeness (QED) is 0.626. The fraction of sp³-hybridized carbons (Fsp3) is 0.696. The molecule has 1 aromatic rings. The summed E-state index contributed by atoms with van der Waals surface area (Å²) in [4.78, 5) is 19.7. The fourth-order valence-electron chi connectivity index (χ4n) is 5.03. The second-order valence-electron chi connectivity index (χ2n) is 8.90. The second kappa shape index (κ2) is 10.7. The molecule has 2 N–H and O–H groups in total. The zero-order valence-electron chi connectivity index (χ0n) is 18.2. The molecule has 3 saturated heterocycles. The van der Waals surface area contributed by atoms with Crippen LogP contribution in [0.15, 0.2) is 24.3 Å². The maximum Gasteiger partial charge on any atom is 0.237 e. The Balaban J connectivity index is 1.15. The first-order valence-corrected chi connectivity index (χ1v) is 11.6. The highest BCUT2D eigenvalue weighted by Gasteiger charge is 2.39. The minimum Gasteiger partial charge on any atom is -0.392 e. The molecular formula is C23H35FN4O3. The molecular weight excluding hydrogens is 399 g/mol. The van der Waals surface area contributed by atoms with E-state index in [4.69, 9.17) is 4.74 Å². The topological polar surface area (TPSA) is 68.3 Å². The Hall–Kier alpha value is -1.74. The van der Waals surface area contributed by atoms with Gasteiger partial charge in [0.2, 0.25) is 5.91 Å². The zero-order valence-corrected chi connectivity index (χ0v) is 18.2. The van der Waals surface area contributed by atoms with E-state index in [0.29, 0.717) is 25.6 Å². The molecule has 7 nitrogen and oxygen atoms in total. The number of nitrogens with zero attached hydrogens (tertiary/aromatic N) is 3. The standard InChI is InChI=1S/C23H35FN4O3/c24-18-2-4-19(5-3-18)27-12-10-26(11-13-27)9-1-8-25-23(30)22-16-21(29)17-28(22)20-6-14-31-15-7-20/h2-5,20-22,29H,1,6-17H2,(H,25,30)/t21-,22+/m1/s1. The van der Waals surface area contributed by atoms with Crippen LogP contribution in [0.4, 0.5) is 10.1 Å². The van der Waals surface area contributed by atoms with E-state index < -0.39 is 6.10 Å². The van der Waals surface area contributed by atoms with Crippen molar-refractivity contribution in [2.24, 2.45) is 0 Å². The third-order valence-electron chi connectivity index (χ3n) is 6.79. The molecule has 3 aliphatic heterocycles. The number of rotatable bonds is 7. The maximum absolute atomic E-state index is 13.1. The fourth-order valence-corrected chi connectivity index (χ4v) is 5.03. The maximum atomic E-state index is 13.1. The summed E-state index contributed by atoms with van der Waals surface area (Å²) < 4.78 is 18.5. The minimum atomic E-state index is -0.420. The van der Waals surface area contributed by atoms with Crippen LogP contribution >= 0.6 is 0 Å². The largest absolute Gasteiger partial charge is 0.392 e. The molecule has 0 aliphatic carbocycles. The number of amides is 1. The number of aliphatic hydroxyl groups excluding tert-OH is 1. The van der Waals surface area contributed by atoms with Crippen LogP contribution < -0.4 is 10.2 Å². The third kappa shape index (κ3) is 5.94. The van der Waals surface area contributed by atoms with E-state index in [2.05, 4.69) is 20.0 Å². The summed E-state index contributed by atoms with van der Waals surface area (Å²) in [5.74, 6) is -0.156. The number of likely N-dealkylation sites (tertiary alicyclic amines) is 1. The van der Waals surface area contributed by atoms with E-state index in [9.17, 15) is 14.3 Å². The molecule has 2 atom stereocenters. The van der Waals surface area contributed by atoms with E-state index in [1.165, 1.54) is 12.1 Å². The summed E-state index contributed by atoms with van der Waals surface area (Å²) in [5, 5.41) is 13.2. The lowest BCUT2D eigenvalue weighted by molar-refractivity contribution is -0.127. The summed E-state index contributed by atoms with van der Waals surface area (Å²) in [6.45, 7) is 7.46. The van der Waals surface area contributed by atoms with E-state index in [0.717, 1.165) is 70.9 Å². The van der Waals surface area contributed by atoms with Gasteiger partial charge in [0.25, 0.3) is 0 Å². The van der Waals surface area contributed by atoms with E-state index in [1.54, 1.807) is 0 Å². The van der Waals surface area contributed by atoms with Gasteiger partial charge in [0, 0.05) is 64.2 Å². The molecule has 0 aromatic heterocycles. The number of hydrogen-bond acceptors (Lipinski definition) is 6. The monoisotopic (exact) mass is 434 g/mol. The smallest absolute Gasteiger partial charge is 0.237 e. The highest BCUT2D eigenvalue weighted by Crippen LogP contribution is 2.26. The van der Waals surface area contributed by atoms with Gasteiger partial charge in [-0.3, -0.25) is 14.6 Å². The molecule has 1 aromatic carbocycles. The number of carbonyl (C=O) groups is 1. The van der Waals surface area contributed by atoms with Crippen molar-refractivity contribution >= 4 is 11.6 Å². The van der Waals surface area contributed by atoms with Gasteiger partial charge in [0.15, 0.2) is 0 Å². The van der Waals surface area contributed by atoms with Crippen molar-refractivity contribution in [1.29, 1.82) is 0 Å². The molecule has 4 rings (SSSR count). The van der Waals surface area contributed by atoms with Gasteiger partial charge in [-0.05, 0) is 56.5 Å². The number of anilines is 1. The Morgan fingerprint density at radius 2 is 1.84 bits per heavy atom. The predicted molar refractivity (Wildman–Crippen MR) is 118 cm³/mol.